The summed E-state index contributed by atoms with van der Waals surface area (Å²) in [6, 6.07) is 16.0. The van der Waals surface area contributed by atoms with Crippen molar-refractivity contribution in [1.82, 2.24) is 20.3 Å². The Morgan fingerprint density at radius 2 is 2.07 bits per heavy atom. The molecule has 29 heavy (non-hydrogen) atoms. The molecular formula is C22H22N4O2S. The van der Waals surface area contributed by atoms with Gasteiger partial charge in [-0.2, -0.15) is 5.10 Å². The normalized spacial score (nSPS) is 10.9. The zero-order valence-electron chi connectivity index (χ0n) is 16.2. The van der Waals surface area contributed by atoms with Gasteiger partial charge in [0, 0.05) is 19.0 Å². The van der Waals surface area contributed by atoms with Gasteiger partial charge in [0.1, 0.15) is 0 Å². The summed E-state index contributed by atoms with van der Waals surface area (Å²) < 4.78 is 7.36. The first kappa shape index (κ1) is 19.1. The number of aryl methyl sites for hydroxylation is 2. The summed E-state index contributed by atoms with van der Waals surface area (Å²) in [7, 11) is 0. The molecule has 3 heterocycles. The predicted octanol–water partition coefficient (Wildman–Crippen LogP) is 4.32. The Kier molecular flexibility index (Phi) is 5.86. The van der Waals surface area contributed by atoms with Crippen molar-refractivity contribution < 1.29 is 9.32 Å². The Labute approximate surface area is 173 Å². The Balaban J connectivity index is 1.41. The fraction of sp³-hybridized carbons (Fsp3) is 0.227. The number of carbonyl (C=O) groups excluding carboxylic acids is 1. The molecule has 0 radical (unpaired) electrons. The summed E-state index contributed by atoms with van der Waals surface area (Å²) >= 11 is 1.65. The Hall–Kier alpha value is -3.19. The van der Waals surface area contributed by atoms with Crippen LogP contribution in [0.25, 0.3) is 21.9 Å². The van der Waals surface area contributed by atoms with Gasteiger partial charge in [0.05, 0.1) is 34.6 Å². The fourth-order valence-corrected chi connectivity index (χ4v) is 3.98. The summed E-state index contributed by atoms with van der Waals surface area (Å²) in [6.07, 6.45) is 3.01. The monoisotopic (exact) mass is 406 g/mol. The second-order valence-corrected chi connectivity index (χ2v) is 7.72. The first-order valence-electron chi connectivity index (χ1n) is 9.55. The Morgan fingerprint density at radius 3 is 2.79 bits per heavy atom. The highest BCUT2D eigenvalue weighted by Gasteiger charge is 2.18. The largest absolute Gasteiger partial charge is 0.356 e. The average molecular weight is 407 g/mol. The second-order valence-electron chi connectivity index (χ2n) is 6.78. The van der Waals surface area contributed by atoms with E-state index in [1.807, 2.05) is 59.5 Å². The topological polar surface area (TPSA) is 73.0 Å². The van der Waals surface area contributed by atoms with Crippen LogP contribution in [0.5, 0.6) is 0 Å². The number of amides is 1. The van der Waals surface area contributed by atoms with Crippen molar-refractivity contribution in [1.29, 1.82) is 0 Å². The third kappa shape index (κ3) is 4.63. The molecule has 0 atom stereocenters. The summed E-state index contributed by atoms with van der Waals surface area (Å²) in [4.78, 5) is 13.3. The first-order chi connectivity index (χ1) is 14.2. The fourth-order valence-electron chi connectivity index (χ4n) is 3.19. The molecule has 0 bridgehead atoms. The van der Waals surface area contributed by atoms with Gasteiger partial charge in [-0.1, -0.05) is 41.6 Å². The number of carbonyl (C=O) groups is 1. The molecule has 1 aromatic carbocycles. The molecule has 1 amide bonds. The molecule has 6 nitrogen and oxygen atoms in total. The van der Waals surface area contributed by atoms with Crippen LogP contribution in [-0.2, 0) is 17.8 Å². The van der Waals surface area contributed by atoms with Gasteiger partial charge in [0.25, 0.3) is 0 Å². The number of nitrogens with one attached hydrogen (secondary N) is 1. The lowest BCUT2D eigenvalue weighted by Gasteiger charge is -2.09. The van der Waals surface area contributed by atoms with Crippen LogP contribution in [0.3, 0.4) is 0 Å². The van der Waals surface area contributed by atoms with Crippen LogP contribution in [0.15, 0.2) is 64.6 Å². The molecule has 7 heteroatoms. The molecule has 0 spiro atoms. The minimum absolute atomic E-state index is 0.0461. The van der Waals surface area contributed by atoms with Crippen molar-refractivity contribution in [3.05, 3.63) is 71.4 Å². The van der Waals surface area contributed by atoms with Crippen molar-refractivity contribution in [3.8, 4) is 21.9 Å². The van der Waals surface area contributed by atoms with Gasteiger partial charge in [0.15, 0.2) is 5.76 Å². The summed E-state index contributed by atoms with van der Waals surface area (Å²) in [5, 5.41) is 13.6. The van der Waals surface area contributed by atoms with Gasteiger partial charge in [-0.15, -0.1) is 11.3 Å². The van der Waals surface area contributed by atoms with E-state index < -0.39 is 0 Å². The molecule has 3 aromatic heterocycles. The van der Waals surface area contributed by atoms with Crippen LogP contribution < -0.4 is 5.32 Å². The molecular weight excluding hydrogens is 384 g/mol. The minimum Gasteiger partial charge on any atom is -0.356 e. The molecule has 148 valence electrons. The zero-order chi connectivity index (χ0) is 20.1. The van der Waals surface area contributed by atoms with E-state index in [4.69, 9.17) is 4.52 Å². The van der Waals surface area contributed by atoms with Gasteiger partial charge in [0.2, 0.25) is 5.91 Å². The minimum atomic E-state index is 0.0461. The number of thiophene rings is 1. The average Bonchev–Trinajstić information content (AvgIpc) is 3.47. The molecule has 4 rings (SSSR count). The van der Waals surface area contributed by atoms with Gasteiger partial charge in [-0.05, 0) is 30.4 Å². The van der Waals surface area contributed by atoms with Crippen molar-refractivity contribution in [2.45, 2.75) is 26.3 Å². The summed E-state index contributed by atoms with van der Waals surface area (Å²) in [5.41, 5.74) is 3.88. The standard InChI is InChI=1S/C22H22N4O2S/c1-16-14-19(28-25-16)18-15-24-26(22(18)20-8-5-13-29-20)12-11-23-21(27)10-9-17-6-3-2-4-7-17/h2-8,13-15H,9-12H2,1H3,(H,23,27). The van der Waals surface area contributed by atoms with Crippen LogP contribution in [0.1, 0.15) is 17.7 Å². The maximum Gasteiger partial charge on any atom is 0.220 e. The van der Waals surface area contributed by atoms with Crippen LogP contribution in [0.4, 0.5) is 0 Å². The van der Waals surface area contributed by atoms with E-state index in [1.165, 1.54) is 5.56 Å². The van der Waals surface area contributed by atoms with Gasteiger partial charge in [-0.25, -0.2) is 0 Å². The smallest absolute Gasteiger partial charge is 0.220 e. The highest BCUT2D eigenvalue weighted by Crippen LogP contribution is 2.34. The van der Waals surface area contributed by atoms with E-state index in [0.29, 0.717) is 25.3 Å². The van der Waals surface area contributed by atoms with Gasteiger partial charge in [-0.3, -0.25) is 9.48 Å². The molecule has 0 saturated carbocycles. The second kappa shape index (κ2) is 8.87. The van der Waals surface area contributed by atoms with Crippen LogP contribution in [0.2, 0.25) is 0 Å². The van der Waals surface area contributed by atoms with E-state index in [2.05, 4.69) is 21.6 Å². The molecule has 0 saturated heterocycles. The molecule has 0 fully saturated rings. The lowest BCUT2D eigenvalue weighted by molar-refractivity contribution is -0.121. The van der Waals surface area contributed by atoms with Crippen molar-refractivity contribution in [3.63, 3.8) is 0 Å². The number of benzene rings is 1. The lowest BCUT2D eigenvalue weighted by atomic mass is 10.1. The molecule has 4 aromatic rings. The Morgan fingerprint density at radius 1 is 1.21 bits per heavy atom. The van der Waals surface area contributed by atoms with Crippen molar-refractivity contribution >= 4 is 17.2 Å². The number of aromatic nitrogens is 3. The molecule has 0 aliphatic heterocycles. The van der Waals surface area contributed by atoms with Gasteiger partial charge < -0.3 is 9.84 Å². The van der Waals surface area contributed by atoms with E-state index in [1.54, 1.807) is 17.5 Å². The molecule has 1 N–H and O–H groups in total. The number of rotatable bonds is 8. The zero-order valence-corrected chi connectivity index (χ0v) is 17.0. The number of nitrogens with zero attached hydrogens (tertiary/aromatic N) is 3. The maximum atomic E-state index is 12.2. The van der Waals surface area contributed by atoms with E-state index in [-0.39, 0.29) is 5.91 Å². The lowest BCUT2D eigenvalue weighted by Crippen LogP contribution is -2.27. The molecule has 0 aliphatic rings. The quantitative estimate of drug-likeness (QED) is 0.473. The highest BCUT2D eigenvalue weighted by atomic mass is 32.1. The maximum absolute atomic E-state index is 12.2. The molecule has 0 aliphatic carbocycles. The SMILES string of the molecule is Cc1cc(-c2cnn(CCNC(=O)CCc3ccccc3)c2-c2cccs2)on1. The van der Waals surface area contributed by atoms with Crippen LogP contribution in [-0.4, -0.2) is 27.4 Å². The van der Waals surface area contributed by atoms with Crippen LogP contribution in [0, 0.1) is 6.92 Å². The molecule has 0 unspecified atom stereocenters. The van der Waals surface area contributed by atoms with E-state index in [9.17, 15) is 4.79 Å². The van der Waals surface area contributed by atoms with E-state index >= 15 is 0 Å². The van der Waals surface area contributed by atoms with Crippen molar-refractivity contribution in [2.75, 3.05) is 6.54 Å². The summed E-state index contributed by atoms with van der Waals surface area (Å²) in [5.74, 6) is 0.744. The van der Waals surface area contributed by atoms with E-state index in [0.717, 1.165) is 28.2 Å². The number of hydrogen-bond donors (Lipinski definition) is 1. The van der Waals surface area contributed by atoms with Crippen LogP contribution >= 0.6 is 11.3 Å². The third-order valence-corrected chi connectivity index (χ3v) is 5.49. The highest BCUT2D eigenvalue weighted by molar-refractivity contribution is 7.13. The van der Waals surface area contributed by atoms with Gasteiger partial charge >= 0.3 is 0 Å². The first-order valence-corrected chi connectivity index (χ1v) is 10.4. The Bertz CT molecular complexity index is 1070. The summed E-state index contributed by atoms with van der Waals surface area (Å²) in [6.45, 7) is 2.99. The third-order valence-electron chi connectivity index (χ3n) is 4.62. The predicted molar refractivity (Wildman–Crippen MR) is 114 cm³/mol. The number of hydrogen-bond acceptors (Lipinski definition) is 5. The van der Waals surface area contributed by atoms with Crippen molar-refractivity contribution in [2.24, 2.45) is 0 Å².